The van der Waals surface area contributed by atoms with Crippen LogP contribution in [0.5, 0.6) is 11.6 Å². The first kappa shape index (κ1) is 20.2. The molecule has 6 nitrogen and oxygen atoms in total. The molecule has 3 aromatic heterocycles. The van der Waals surface area contributed by atoms with Crippen molar-refractivity contribution >= 4 is 28.0 Å². The Labute approximate surface area is 184 Å². The molecule has 160 valence electrons. The van der Waals surface area contributed by atoms with Gasteiger partial charge >= 0.3 is 6.18 Å². The van der Waals surface area contributed by atoms with Crippen LogP contribution in [0.4, 0.5) is 13.2 Å². The second-order valence-corrected chi connectivity index (χ2v) is 7.34. The molecule has 0 amide bonds. The van der Waals surface area contributed by atoms with Crippen LogP contribution in [0.25, 0.3) is 27.5 Å². The summed E-state index contributed by atoms with van der Waals surface area (Å²) in [4.78, 5) is 4.24. The summed E-state index contributed by atoms with van der Waals surface area (Å²) in [6.07, 6.45) is -2.93. The number of benzene rings is 2. The largest absolute Gasteiger partial charge is 0.436 e. The Morgan fingerprint density at radius 1 is 0.938 bits per heavy atom. The summed E-state index contributed by atoms with van der Waals surface area (Å²) in [5.74, 6) is 0.0500. The lowest BCUT2D eigenvalue weighted by molar-refractivity contribution is -0.137. The van der Waals surface area contributed by atoms with E-state index in [1.54, 1.807) is 49.5 Å². The van der Waals surface area contributed by atoms with Gasteiger partial charge in [-0.2, -0.15) is 17.7 Å². The summed E-state index contributed by atoms with van der Waals surface area (Å²) in [6, 6.07) is 13.9. The summed E-state index contributed by atoms with van der Waals surface area (Å²) >= 11 is 6.10. The van der Waals surface area contributed by atoms with Crippen LogP contribution < -0.4 is 4.74 Å². The van der Waals surface area contributed by atoms with Gasteiger partial charge in [-0.15, -0.1) is 15.3 Å². The van der Waals surface area contributed by atoms with E-state index in [4.69, 9.17) is 16.3 Å². The monoisotopic (exact) mass is 455 g/mol. The highest BCUT2D eigenvalue weighted by atomic mass is 35.5. The van der Waals surface area contributed by atoms with Crippen LogP contribution in [0, 0.1) is 6.92 Å². The number of ether oxygens (including phenoxy) is 1. The van der Waals surface area contributed by atoms with Crippen molar-refractivity contribution in [1.82, 2.24) is 24.8 Å². The van der Waals surface area contributed by atoms with Crippen LogP contribution in [0.15, 0.2) is 60.8 Å². The highest BCUT2D eigenvalue weighted by Gasteiger charge is 2.32. The van der Waals surface area contributed by atoms with Gasteiger partial charge in [0.25, 0.3) is 0 Å². The van der Waals surface area contributed by atoms with Gasteiger partial charge in [0.2, 0.25) is 11.2 Å². The van der Waals surface area contributed by atoms with Crippen LogP contribution in [0.1, 0.15) is 11.3 Å². The Morgan fingerprint density at radius 2 is 1.72 bits per heavy atom. The smallest absolute Gasteiger partial charge is 0.416 e. The first-order valence-electron chi connectivity index (χ1n) is 9.43. The number of nitrogens with zero attached hydrogens (tertiary/aromatic N) is 5. The Bertz CT molecular complexity index is 1480. The average Bonchev–Trinajstić information content (AvgIpc) is 3.14. The number of aromatic nitrogens is 5. The van der Waals surface area contributed by atoms with E-state index in [0.29, 0.717) is 33.2 Å². The first-order valence-corrected chi connectivity index (χ1v) is 9.81. The highest BCUT2D eigenvalue weighted by molar-refractivity contribution is 6.28. The molecule has 0 unspecified atom stereocenters. The fourth-order valence-corrected chi connectivity index (χ4v) is 3.64. The SMILES string of the molecule is Cc1ncccc1-c1ccc(C(F)(F)F)cc1Oc1nn2c(Cl)nnc2c2ccccc12. The third-order valence-electron chi connectivity index (χ3n) is 5.00. The number of halogens is 4. The molecule has 0 N–H and O–H groups in total. The van der Waals surface area contributed by atoms with Crippen molar-refractivity contribution in [3.63, 3.8) is 0 Å². The summed E-state index contributed by atoms with van der Waals surface area (Å²) in [6.45, 7) is 1.77. The van der Waals surface area contributed by atoms with E-state index < -0.39 is 11.7 Å². The van der Waals surface area contributed by atoms with Crippen LogP contribution in [-0.4, -0.2) is 24.8 Å². The van der Waals surface area contributed by atoms with Crippen molar-refractivity contribution in [3.8, 4) is 22.8 Å². The maximum atomic E-state index is 13.5. The van der Waals surface area contributed by atoms with Gasteiger partial charge in [-0.25, -0.2) is 0 Å². The molecule has 2 aromatic carbocycles. The second kappa shape index (κ2) is 7.45. The zero-order valence-electron chi connectivity index (χ0n) is 16.4. The molecule has 0 aliphatic carbocycles. The fraction of sp³-hybridized carbons (Fsp3) is 0.0909. The Kier molecular flexibility index (Phi) is 4.70. The van der Waals surface area contributed by atoms with E-state index in [9.17, 15) is 13.2 Å². The zero-order chi connectivity index (χ0) is 22.5. The summed E-state index contributed by atoms with van der Waals surface area (Å²) in [5, 5.41) is 13.4. The van der Waals surface area contributed by atoms with Gasteiger partial charge in [-0.05, 0) is 48.9 Å². The molecule has 0 aliphatic heterocycles. The van der Waals surface area contributed by atoms with Crippen LogP contribution in [0.3, 0.4) is 0 Å². The van der Waals surface area contributed by atoms with E-state index in [2.05, 4.69) is 20.3 Å². The third kappa shape index (κ3) is 3.40. The molecule has 0 saturated heterocycles. The lowest BCUT2D eigenvalue weighted by Crippen LogP contribution is -2.06. The van der Waals surface area contributed by atoms with Crippen LogP contribution in [-0.2, 0) is 6.18 Å². The molecular weight excluding hydrogens is 443 g/mol. The maximum Gasteiger partial charge on any atom is 0.416 e. The molecule has 0 saturated carbocycles. The van der Waals surface area contributed by atoms with Gasteiger partial charge in [-0.3, -0.25) is 4.98 Å². The molecule has 0 radical (unpaired) electrons. The quantitative estimate of drug-likeness (QED) is 0.328. The predicted molar refractivity (Wildman–Crippen MR) is 113 cm³/mol. The van der Waals surface area contributed by atoms with Gasteiger partial charge in [0.15, 0.2) is 5.65 Å². The molecule has 0 fully saturated rings. The first-order chi connectivity index (χ1) is 15.3. The fourth-order valence-electron chi connectivity index (χ4n) is 3.48. The second-order valence-electron chi connectivity index (χ2n) is 7.00. The number of aryl methyl sites for hydroxylation is 1. The van der Waals surface area contributed by atoms with Crippen molar-refractivity contribution in [1.29, 1.82) is 0 Å². The number of hydrogen-bond donors (Lipinski definition) is 0. The summed E-state index contributed by atoms with van der Waals surface area (Å²) < 4.78 is 47.7. The van der Waals surface area contributed by atoms with Gasteiger partial charge in [0.05, 0.1) is 5.56 Å². The summed E-state index contributed by atoms with van der Waals surface area (Å²) in [5.41, 5.74) is 1.30. The molecule has 10 heteroatoms. The van der Waals surface area contributed by atoms with Crippen LogP contribution in [0.2, 0.25) is 5.28 Å². The van der Waals surface area contributed by atoms with E-state index >= 15 is 0 Å². The molecule has 5 rings (SSSR count). The van der Waals surface area contributed by atoms with E-state index in [1.165, 1.54) is 10.6 Å². The van der Waals surface area contributed by atoms with Gasteiger partial charge < -0.3 is 4.74 Å². The van der Waals surface area contributed by atoms with Crippen molar-refractivity contribution in [3.05, 3.63) is 77.3 Å². The lowest BCUT2D eigenvalue weighted by Gasteiger charge is -2.16. The minimum atomic E-state index is -4.54. The minimum absolute atomic E-state index is 0.00275. The van der Waals surface area contributed by atoms with Crippen molar-refractivity contribution in [2.45, 2.75) is 13.1 Å². The number of fused-ring (bicyclic) bond motifs is 3. The standard InChI is InChI=1S/C22H13ClF3N5O/c1-12-14(7-4-10-27-12)15-9-8-13(22(24,25)26)11-18(15)32-20-17-6-3-2-5-16(17)19-28-29-21(23)31(19)30-20/h2-11H,1H3. The van der Waals surface area contributed by atoms with Gasteiger partial charge in [0.1, 0.15) is 5.75 Å². The molecule has 3 heterocycles. The molecular formula is C22H13ClF3N5O. The Balaban J connectivity index is 1.75. The number of pyridine rings is 1. The third-order valence-corrected chi connectivity index (χ3v) is 5.24. The Hall–Kier alpha value is -3.72. The van der Waals surface area contributed by atoms with Gasteiger partial charge in [0, 0.05) is 33.8 Å². The van der Waals surface area contributed by atoms with Crippen molar-refractivity contribution in [2.24, 2.45) is 0 Å². The van der Waals surface area contributed by atoms with E-state index in [-0.39, 0.29) is 16.9 Å². The molecule has 0 bridgehead atoms. The Morgan fingerprint density at radius 3 is 2.47 bits per heavy atom. The molecule has 0 aliphatic rings. The maximum absolute atomic E-state index is 13.5. The number of rotatable bonds is 3. The molecule has 32 heavy (non-hydrogen) atoms. The minimum Gasteiger partial charge on any atom is -0.436 e. The lowest BCUT2D eigenvalue weighted by atomic mass is 10.0. The van der Waals surface area contributed by atoms with E-state index in [0.717, 1.165) is 12.1 Å². The van der Waals surface area contributed by atoms with E-state index in [1.807, 2.05) is 0 Å². The predicted octanol–water partition coefficient (Wildman–Crippen LogP) is 6.11. The topological polar surface area (TPSA) is 65.2 Å². The van der Waals surface area contributed by atoms with Crippen molar-refractivity contribution < 1.29 is 17.9 Å². The van der Waals surface area contributed by atoms with Crippen LogP contribution >= 0.6 is 11.6 Å². The molecule has 0 spiro atoms. The average molecular weight is 456 g/mol. The van der Waals surface area contributed by atoms with Crippen molar-refractivity contribution in [2.75, 3.05) is 0 Å². The molecule has 5 aromatic rings. The highest BCUT2D eigenvalue weighted by Crippen LogP contribution is 2.40. The zero-order valence-corrected chi connectivity index (χ0v) is 17.2. The number of hydrogen-bond acceptors (Lipinski definition) is 5. The van der Waals surface area contributed by atoms with Gasteiger partial charge in [-0.1, -0.05) is 24.3 Å². The summed E-state index contributed by atoms with van der Waals surface area (Å²) in [7, 11) is 0. The molecule has 0 atom stereocenters. The number of alkyl halides is 3. The normalized spacial score (nSPS) is 11.9.